The van der Waals surface area contributed by atoms with Crippen LogP contribution in [0.15, 0.2) is 48.5 Å². The zero-order chi connectivity index (χ0) is 19.5. The van der Waals surface area contributed by atoms with E-state index in [0.29, 0.717) is 6.04 Å². The van der Waals surface area contributed by atoms with Crippen LogP contribution in [0.5, 0.6) is 17.2 Å². The molecule has 2 heterocycles. The second-order valence-corrected chi connectivity index (χ2v) is 7.67. The van der Waals surface area contributed by atoms with Crippen molar-refractivity contribution in [3.8, 4) is 17.2 Å². The van der Waals surface area contributed by atoms with Crippen molar-refractivity contribution in [2.24, 2.45) is 5.92 Å². The zero-order valence-electron chi connectivity index (χ0n) is 16.2. The van der Waals surface area contributed by atoms with Gasteiger partial charge in [-0.25, -0.2) is 0 Å². The molecule has 0 bridgehead atoms. The molecule has 2 atom stereocenters. The Morgan fingerprint density at radius 1 is 1.18 bits per heavy atom. The highest BCUT2D eigenvalue weighted by Gasteiger charge is 2.36. The summed E-state index contributed by atoms with van der Waals surface area (Å²) in [4.78, 5) is 13.6. The van der Waals surface area contributed by atoms with Crippen molar-refractivity contribution >= 4 is 5.97 Å². The van der Waals surface area contributed by atoms with E-state index >= 15 is 0 Å². The fraction of sp³-hybridized carbons (Fsp3) is 0.435. The lowest BCUT2D eigenvalue weighted by Gasteiger charge is -2.38. The Morgan fingerprint density at radius 3 is 2.61 bits per heavy atom. The van der Waals surface area contributed by atoms with Crippen LogP contribution < -0.4 is 9.47 Å². The summed E-state index contributed by atoms with van der Waals surface area (Å²) in [5, 5.41) is 9.23. The van der Waals surface area contributed by atoms with E-state index in [4.69, 9.17) is 9.47 Å². The zero-order valence-corrected chi connectivity index (χ0v) is 16.2. The van der Waals surface area contributed by atoms with Crippen molar-refractivity contribution in [2.75, 3.05) is 13.1 Å². The highest BCUT2D eigenvalue weighted by atomic mass is 16.5. The molecule has 0 aliphatic carbocycles. The molecule has 1 saturated heterocycles. The summed E-state index contributed by atoms with van der Waals surface area (Å²) in [5.74, 6) is 1.72. The number of para-hydroxylation sites is 1. The number of carbonyl (C=O) groups is 1. The van der Waals surface area contributed by atoms with Crippen molar-refractivity contribution in [2.45, 2.75) is 44.8 Å². The van der Waals surface area contributed by atoms with Gasteiger partial charge in [-0.2, -0.15) is 0 Å². The molecule has 2 aliphatic heterocycles. The molecule has 0 spiro atoms. The lowest BCUT2D eigenvalue weighted by molar-refractivity contribution is -0.143. The summed E-state index contributed by atoms with van der Waals surface area (Å²) in [7, 11) is 0. The molecule has 2 aliphatic rings. The first-order valence-electron chi connectivity index (χ1n) is 10.1. The summed E-state index contributed by atoms with van der Waals surface area (Å²) >= 11 is 0. The van der Waals surface area contributed by atoms with E-state index in [1.807, 2.05) is 42.5 Å². The largest absolute Gasteiger partial charge is 0.488 e. The molecular weight excluding hydrogens is 354 g/mol. The second-order valence-electron chi connectivity index (χ2n) is 7.67. The van der Waals surface area contributed by atoms with Crippen molar-refractivity contribution in [3.05, 3.63) is 54.1 Å². The number of hydrogen-bond acceptors (Lipinski definition) is 4. The Kier molecular flexibility index (Phi) is 5.53. The van der Waals surface area contributed by atoms with Crippen molar-refractivity contribution in [3.63, 3.8) is 0 Å². The van der Waals surface area contributed by atoms with E-state index in [1.54, 1.807) is 0 Å². The van der Waals surface area contributed by atoms with Crippen LogP contribution in [0.25, 0.3) is 0 Å². The molecule has 5 nitrogen and oxygen atoms in total. The standard InChI is InChI=1S/C23H27NO4/c1-2-20(24-12-10-16(11-13-24)23(25)26)22-15-17-14-19(8-9-21(17)28-22)27-18-6-4-3-5-7-18/h3-9,14,16,20,22H,2,10-13,15H2,1H3,(H,25,26). The maximum atomic E-state index is 11.2. The third-order valence-corrected chi connectivity index (χ3v) is 5.91. The second kappa shape index (κ2) is 8.23. The predicted octanol–water partition coefficient (Wildman–Crippen LogP) is 4.36. The Bertz CT molecular complexity index is 815. The van der Waals surface area contributed by atoms with Gasteiger partial charge in [0.2, 0.25) is 0 Å². The summed E-state index contributed by atoms with van der Waals surface area (Å²) in [6, 6.07) is 16.1. The van der Waals surface area contributed by atoms with E-state index in [1.165, 1.54) is 5.56 Å². The van der Waals surface area contributed by atoms with Gasteiger partial charge in [0.1, 0.15) is 23.4 Å². The van der Waals surface area contributed by atoms with Gasteiger partial charge >= 0.3 is 5.97 Å². The highest BCUT2D eigenvalue weighted by Crippen LogP contribution is 2.36. The van der Waals surface area contributed by atoms with Crippen LogP contribution in [0, 0.1) is 5.92 Å². The smallest absolute Gasteiger partial charge is 0.306 e. The molecule has 2 unspecified atom stereocenters. The van der Waals surface area contributed by atoms with Gasteiger partial charge in [-0.1, -0.05) is 25.1 Å². The Balaban J connectivity index is 1.41. The average molecular weight is 381 g/mol. The Hall–Kier alpha value is -2.53. The number of ether oxygens (including phenoxy) is 2. The third-order valence-electron chi connectivity index (χ3n) is 5.91. The van der Waals surface area contributed by atoms with Crippen LogP contribution >= 0.6 is 0 Å². The number of carboxylic acid groups (broad SMARTS) is 1. The quantitative estimate of drug-likeness (QED) is 0.806. The summed E-state index contributed by atoms with van der Waals surface area (Å²) in [6.45, 7) is 3.84. The summed E-state index contributed by atoms with van der Waals surface area (Å²) in [5.41, 5.74) is 1.18. The molecule has 1 fully saturated rings. The van der Waals surface area contributed by atoms with Crippen LogP contribution in [0.4, 0.5) is 0 Å². The first kappa shape index (κ1) is 18.8. The number of hydrogen-bond donors (Lipinski definition) is 1. The molecule has 2 aromatic rings. The number of aliphatic carboxylic acids is 1. The minimum atomic E-state index is -0.664. The number of likely N-dealkylation sites (tertiary alicyclic amines) is 1. The first-order valence-corrected chi connectivity index (χ1v) is 10.1. The fourth-order valence-electron chi connectivity index (χ4n) is 4.39. The monoisotopic (exact) mass is 381 g/mol. The molecule has 5 heteroatoms. The number of benzene rings is 2. The SMILES string of the molecule is CCC(C1Cc2cc(Oc3ccccc3)ccc2O1)N1CCC(C(=O)O)CC1. The van der Waals surface area contributed by atoms with Gasteiger partial charge < -0.3 is 14.6 Å². The van der Waals surface area contributed by atoms with Gasteiger partial charge in [0, 0.05) is 18.0 Å². The maximum Gasteiger partial charge on any atom is 0.306 e. The van der Waals surface area contributed by atoms with Gasteiger partial charge in [-0.05, 0) is 62.7 Å². The number of rotatable bonds is 6. The highest BCUT2D eigenvalue weighted by molar-refractivity contribution is 5.70. The van der Waals surface area contributed by atoms with E-state index in [-0.39, 0.29) is 12.0 Å². The average Bonchev–Trinajstić information content (AvgIpc) is 3.12. The van der Waals surface area contributed by atoms with E-state index in [2.05, 4.69) is 17.9 Å². The van der Waals surface area contributed by atoms with Crippen molar-refractivity contribution in [1.29, 1.82) is 0 Å². The van der Waals surface area contributed by atoms with Crippen LogP contribution in [-0.4, -0.2) is 41.2 Å². The summed E-state index contributed by atoms with van der Waals surface area (Å²) in [6.07, 6.45) is 3.40. The molecule has 0 saturated carbocycles. The van der Waals surface area contributed by atoms with Crippen LogP contribution in [0.3, 0.4) is 0 Å². The lowest BCUT2D eigenvalue weighted by Crippen LogP contribution is -2.49. The minimum Gasteiger partial charge on any atom is -0.488 e. The van der Waals surface area contributed by atoms with Gasteiger partial charge in [-0.15, -0.1) is 0 Å². The Morgan fingerprint density at radius 2 is 1.93 bits per heavy atom. The van der Waals surface area contributed by atoms with Crippen LogP contribution in [0.1, 0.15) is 31.7 Å². The summed E-state index contributed by atoms with van der Waals surface area (Å²) < 4.78 is 12.2. The molecule has 148 valence electrons. The molecule has 2 aromatic carbocycles. The number of carboxylic acids is 1. The normalized spacial score (nSPS) is 21.0. The molecule has 28 heavy (non-hydrogen) atoms. The molecule has 4 rings (SSSR count). The van der Waals surface area contributed by atoms with E-state index in [9.17, 15) is 9.90 Å². The lowest BCUT2D eigenvalue weighted by atomic mass is 9.93. The third kappa shape index (κ3) is 3.99. The predicted molar refractivity (Wildman–Crippen MR) is 107 cm³/mol. The molecule has 0 amide bonds. The van der Waals surface area contributed by atoms with Gasteiger partial charge in [0.15, 0.2) is 0 Å². The van der Waals surface area contributed by atoms with Crippen molar-refractivity contribution in [1.82, 2.24) is 4.90 Å². The topological polar surface area (TPSA) is 59.0 Å². The van der Waals surface area contributed by atoms with Crippen molar-refractivity contribution < 1.29 is 19.4 Å². The van der Waals surface area contributed by atoms with E-state index < -0.39 is 5.97 Å². The van der Waals surface area contributed by atoms with Crippen LogP contribution in [-0.2, 0) is 11.2 Å². The number of nitrogens with zero attached hydrogens (tertiary/aromatic N) is 1. The van der Waals surface area contributed by atoms with Gasteiger partial charge in [0.25, 0.3) is 0 Å². The number of piperidine rings is 1. The molecule has 1 N–H and O–H groups in total. The number of fused-ring (bicyclic) bond motifs is 1. The molecular formula is C23H27NO4. The molecule has 0 radical (unpaired) electrons. The van der Waals surface area contributed by atoms with Gasteiger partial charge in [-0.3, -0.25) is 9.69 Å². The molecule has 0 aromatic heterocycles. The van der Waals surface area contributed by atoms with Gasteiger partial charge in [0.05, 0.1) is 5.92 Å². The minimum absolute atomic E-state index is 0.105. The van der Waals surface area contributed by atoms with Crippen LogP contribution in [0.2, 0.25) is 0 Å². The van der Waals surface area contributed by atoms with E-state index in [0.717, 1.165) is 56.0 Å². The fourth-order valence-corrected chi connectivity index (χ4v) is 4.39. The maximum absolute atomic E-state index is 11.2. The Labute approximate surface area is 165 Å². The first-order chi connectivity index (χ1) is 13.6.